The fraction of sp³-hybridized carbons (Fsp3) is 0.0500. The van der Waals surface area contributed by atoms with Gasteiger partial charge in [0, 0.05) is 22.1 Å². The number of rotatable bonds is 7. The molecule has 0 saturated heterocycles. The van der Waals surface area contributed by atoms with Gasteiger partial charge in [-0.25, -0.2) is 4.98 Å². The Morgan fingerprint density at radius 1 is 0.705 bits per heavy atom. The fourth-order valence-corrected chi connectivity index (χ4v) is 6.30. The monoisotopic (exact) mass is 566 g/mol. The second-order valence-electron chi connectivity index (χ2n) is 11.5. The SMILES string of the molecule is N/C(=N\Nc1cccc(-c2cc([C@@]34C=CC=C3C4)cc(-c3cccc(-c4cccc5ccccc45)c3)n2)c1)c1ccccc1. The molecule has 2 aliphatic rings. The van der Waals surface area contributed by atoms with Gasteiger partial charge in [0.1, 0.15) is 0 Å². The number of anilines is 1. The molecule has 0 spiro atoms. The third-order valence-corrected chi connectivity index (χ3v) is 8.73. The summed E-state index contributed by atoms with van der Waals surface area (Å²) in [6, 6.07) is 46.3. The maximum atomic E-state index is 6.23. The van der Waals surface area contributed by atoms with Gasteiger partial charge in [-0.2, -0.15) is 5.10 Å². The molecule has 210 valence electrons. The second kappa shape index (κ2) is 10.5. The first-order chi connectivity index (χ1) is 21.7. The number of benzene rings is 5. The lowest BCUT2D eigenvalue weighted by atomic mass is 9.92. The number of hydrogen-bond donors (Lipinski definition) is 2. The maximum absolute atomic E-state index is 6.23. The Kier molecular flexibility index (Phi) is 6.20. The van der Waals surface area contributed by atoms with Gasteiger partial charge in [0.15, 0.2) is 5.84 Å². The van der Waals surface area contributed by atoms with Crippen LogP contribution in [0.15, 0.2) is 162 Å². The van der Waals surface area contributed by atoms with E-state index in [1.165, 1.54) is 33.0 Å². The molecule has 0 radical (unpaired) electrons. The molecule has 1 atom stereocenters. The predicted molar refractivity (Wildman–Crippen MR) is 182 cm³/mol. The third-order valence-electron chi connectivity index (χ3n) is 8.73. The molecule has 44 heavy (non-hydrogen) atoms. The Labute approximate surface area is 256 Å². The molecule has 4 heteroatoms. The van der Waals surface area contributed by atoms with Crippen molar-refractivity contribution in [3.63, 3.8) is 0 Å². The summed E-state index contributed by atoms with van der Waals surface area (Å²) < 4.78 is 0. The fourth-order valence-electron chi connectivity index (χ4n) is 6.30. The minimum atomic E-state index is -0.00995. The zero-order valence-corrected chi connectivity index (χ0v) is 24.1. The summed E-state index contributed by atoms with van der Waals surface area (Å²) in [5.41, 5.74) is 20.2. The quantitative estimate of drug-likeness (QED) is 0.115. The summed E-state index contributed by atoms with van der Waals surface area (Å²) in [5, 5.41) is 6.92. The molecule has 5 aromatic carbocycles. The summed E-state index contributed by atoms with van der Waals surface area (Å²) in [7, 11) is 0. The number of nitrogens with one attached hydrogen (secondary N) is 1. The summed E-state index contributed by atoms with van der Waals surface area (Å²) in [6.07, 6.45) is 7.83. The smallest absolute Gasteiger partial charge is 0.150 e. The van der Waals surface area contributed by atoms with Crippen molar-refractivity contribution in [2.75, 3.05) is 5.43 Å². The number of pyridine rings is 1. The highest BCUT2D eigenvalue weighted by molar-refractivity contribution is 5.98. The van der Waals surface area contributed by atoms with Gasteiger partial charge in [-0.15, -0.1) is 0 Å². The van der Waals surface area contributed by atoms with E-state index in [2.05, 4.69) is 120 Å². The van der Waals surface area contributed by atoms with Crippen molar-refractivity contribution in [1.82, 2.24) is 4.98 Å². The maximum Gasteiger partial charge on any atom is 0.150 e. The van der Waals surface area contributed by atoms with Gasteiger partial charge in [-0.05, 0) is 64.2 Å². The van der Waals surface area contributed by atoms with Crippen molar-refractivity contribution in [3.8, 4) is 33.6 Å². The normalized spacial score (nSPS) is 16.9. The van der Waals surface area contributed by atoms with Gasteiger partial charge in [0.05, 0.1) is 17.1 Å². The van der Waals surface area contributed by atoms with Crippen LogP contribution in [-0.2, 0) is 5.41 Å². The minimum Gasteiger partial charge on any atom is -0.382 e. The molecule has 1 heterocycles. The lowest BCUT2D eigenvalue weighted by Gasteiger charge is -2.15. The van der Waals surface area contributed by atoms with Crippen LogP contribution in [0, 0.1) is 0 Å². The molecule has 4 nitrogen and oxygen atoms in total. The van der Waals surface area contributed by atoms with E-state index in [9.17, 15) is 0 Å². The molecule has 0 unspecified atom stereocenters. The van der Waals surface area contributed by atoms with E-state index in [-0.39, 0.29) is 5.41 Å². The average Bonchev–Trinajstić information content (AvgIpc) is 3.66. The topological polar surface area (TPSA) is 63.3 Å². The van der Waals surface area contributed by atoms with Crippen LogP contribution in [0.25, 0.3) is 44.4 Å². The molecule has 0 aliphatic heterocycles. The molecule has 1 fully saturated rings. The Morgan fingerprint density at radius 2 is 1.41 bits per heavy atom. The molecule has 1 saturated carbocycles. The van der Waals surface area contributed by atoms with Crippen LogP contribution in [0.5, 0.6) is 0 Å². The Hall–Kier alpha value is -5.74. The van der Waals surface area contributed by atoms with E-state index in [0.29, 0.717) is 5.84 Å². The molecular formula is C40H30N4. The largest absolute Gasteiger partial charge is 0.382 e. The van der Waals surface area contributed by atoms with Crippen molar-refractivity contribution in [1.29, 1.82) is 0 Å². The van der Waals surface area contributed by atoms with Crippen LogP contribution >= 0.6 is 0 Å². The summed E-state index contributed by atoms with van der Waals surface area (Å²) in [6.45, 7) is 0. The van der Waals surface area contributed by atoms with Crippen LogP contribution in [0.1, 0.15) is 17.5 Å². The van der Waals surface area contributed by atoms with Gasteiger partial charge < -0.3 is 5.73 Å². The number of hydrazone groups is 1. The molecule has 1 aromatic heterocycles. The number of aromatic nitrogens is 1. The zero-order chi connectivity index (χ0) is 29.5. The molecular weight excluding hydrogens is 536 g/mol. The standard InChI is InChI=1S/C40H30N4/c41-39(28-11-2-1-3-12-28)44-43-34-18-7-16-31(23-34)38-25-33(40-21-9-17-32(40)26-40)24-37(42-38)30-15-6-14-29(22-30)36-20-8-13-27-10-4-5-19-35(27)36/h1-25,43H,26H2,(H2,41,44)/t40-/m1/s1. The van der Waals surface area contributed by atoms with Crippen LogP contribution < -0.4 is 11.2 Å². The molecule has 0 amide bonds. The number of hydrogen-bond acceptors (Lipinski definition) is 3. The van der Waals surface area contributed by atoms with E-state index in [1.54, 1.807) is 0 Å². The van der Waals surface area contributed by atoms with Crippen molar-refractivity contribution in [2.45, 2.75) is 11.8 Å². The summed E-state index contributed by atoms with van der Waals surface area (Å²) in [5.74, 6) is 0.435. The number of amidine groups is 1. The van der Waals surface area contributed by atoms with E-state index >= 15 is 0 Å². The zero-order valence-electron chi connectivity index (χ0n) is 24.1. The molecule has 3 N–H and O–H groups in total. The van der Waals surface area contributed by atoms with Crippen molar-refractivity contribution in [3.05, 3.63) is 168 Å². The van der Waals surface area contributed by atoms with Gasteiger partial charge in [0.2, 0.25) is 0 Å². The molecule has 6 aromatic rings. The highest BCUT2D eigenvalue weighted by Crippen LogP contribution is 2.58. The highest BCUT2D eigenvalue weighted by atomic mass is 15.3. The van der Waals surface area contributed by atoms with E-state index in [0.717, 1.165) is 40.2 Å². The molecule has 0 bridgehead atoms. The number of allylic oxidation sites excluding steroid dienone is 4. The van der Waals surface area contributed by atoms with Crippen LogP contribution in [0.4, 0.5) is 5.69 Å². The number of nitrogens with zero attached hydrogens (tertiary/aromatic N) is 2. The summed E-state index contributed by atoms with van der Waals surface area (Å²) in [4.78, 5) is 5.24. The highest BCUT2D eigenvalue weighted by Gasteiger charge is 2.49. The van der Waals surface area contributed by atoms with Gasteiger partial charge in [-0.3, -0.25) is 5.43 Å². The van der Waals surface area contributed by atoms with E-state index in [1.807, 2.05) is 42.5 Å². The van der Waals surface area contributed by atoms with Crippen molar-refractivity contribution >= 4 is 22.3 Å². The van der Waals surface area contributed by atoms with Crippen LogP contribution in [-0.4, -0.2) is 10.8 Å². The Morgan fingerprint density at radius 3 is 2.20 bits per heavy atom. The third kappa shape index (κ3) is 4.67. The van der Waals surface area contributed by atoms with Gasteiger partial charge in [-0.1, -0.05) is 127 Å². The average molecular weight is 567 g/mol. The first kappa shape index (κ1) is 25.9. The van der Waals surface area contributed by atoms with Gasteiger partial charge >= 0.3 is 0 Å². The van der Waals surface area contributed by atoms with E-state index in [4.69, 9.17) is 10.7 Å². The second-order valence-corrected chi connectivity index (χ2v) is 11.5. The van der Waals surface area contributed by atoms with Crippen LogP contribution in [0.2, 0.25) is 0 Å². The van der Waals surface area contributed by atoms with Gasteiger partial charge in [0.25, 0.3) is 0 Å². The molecule has 8 rings (SSSR count). The molecule has 2 aliphatic carbocycles. The first-order valence-electron chi connectivity index (χ1n) is 14.9. The van der Waals surface area contributed by atoms with Crippen molar-refractivity contribution in [2.24, 2.45) is 10.8 Å². The minimum absolute atomic E-state index is 0.00995. The van der Waals surface area contributed by atoms with Crippen LogP contribution in [0.3, 0.4) is 0 Å². The lowest BCUT2D eigenvalue weighted by molar-refractivity contribution is 0.930. The Bertz CT molecular complexity index is 2140. The first-order valence-corrected chi connectivity index (χ1v) is 14.9. The Balaban J connectivity index is 1.19. The number of fused-ring (bicyclic) bond motifs is 2. The lowest BCUT2D eigenvalue weighted by Crippen LogP contribution is -2.15. The van der Waals surface area contributed by atoms with E-state index < -0.39 is 0 Å². The van der Waals surface area contributed by atoms with Crippen molar-refractivity contribution < 1.29 is 0 Å². The number of nitrogens with two attached hydrogens (primary N) is 1. The predicted octanol–water partition coefficient (Wildman–Crippen LogP) is 9.11. The summed E-state index contributed by atoms with van der Waals surface area (Å²) >= 11 is 0.